The molecule has 3 N–H and O–H groups in total. The smallest absolute Gasteiger partial charge is 0.131 e. The average Bonchev–Trinajstić information content (AvgIpc) is 2.52. The molecule has 0 fully saturated rings. The molecule has 23 heavy (non-hydrogen) atoms. The van der Waals surface area contributed by atoms with Crippen molar-refractivity contribution in [2.24, 2.45) is 0 Å². The van der Waals surface area contributed by atoms with E-state index in [0.29, 0.717) is 10.7 Å². The summed E-state index contributed by atoms with van der Waals surface area (Å²) in [5.74, 6) is 0.212. The summed E-state index contributed by atoms with van der Waals surface area (Å²) in [6.45, 7) is 3.97. The quantitative estimate of drug-likeness (QED) is 0.654. The van der Waals surface area contributed by atoms with E-state index >= 15 is 0 Å². The highest BCUT2D eigenvalue weighted by Gasteiger charge is 2.13. The molecule has 0 aliphatic heterocycles. The molecular formula is C19H17ClN2O. The van der Waals surface area contributed by atoms with Crippen molar-refractivity contribution in [2.45, 2.75) is 13.8 Å². The van der Waals surface area contributed by atoms with Crippen LogP contribution in [0.4, 0.5) is 5.69 Å². The number of phenols is 1. The van der Waals surface area contributed by atoms with Crippen molar-refractivity contribution in [1.29, 1.82) is 0 Å². The lowest BCUT2D eigenvalue weighted by atomic mass is 9.95. The first-order chi connectivity index (χ1) is 11.0. The third-order valence-corrected chi connectivity index (χ3v) is 4.08. The first kappa shape index (κ1) is 15.4. The van der Waals surface area contributed by atoms with Crippen LogP contribution in [0.2, 0.25) is 5.02 Å². The van der Waals surface area contributed by atoms with E-state index in [1.807, 2.05) is 38.1 Å². The minimum Gasteiger partial charge on any atom is -0.507 e. The number of nitrogens with two attached hydrogens (primary N) is 1. The minimum absolute atomic E-state index is 0.212. The van der Waals surface area contributed by atoms with Crippen molar-refractivity contribution in [3.8, 4) is 28.0 Å². The van der Waals surface area contributed by atoms with Gasteiger partial charge in [-0.05, 0) is 60.9 Å². The molecule has 116 valence electrons. The summed E-state index contributed by atoms with van der Waals surface area (Å²) in [6, 6.07) is 11.3. The minimum atomic E-state index is 0.212. The Labute approximate surface area is 140 Å². The second-order valence-corrected chi connectivity index (χ2v) is 6.10. The van der Waals surface area contributed by atoms with E-state index in [1.165, 1.54) is 0 Å². The van der Waals surface area contributed by atoms with E-state index in [9.17, 15) is 5.11 Å². The van der Waals surface area contributed by atoms with E-state index < -0.39 is 0 Å². The van der Waals surface area contributed by atoms with Crippen molar-refractivity contribution in [3.05, 3.63) is 64.9 Å². The van der Waals surface area contributed by atoms with Gasteiger partial charge in [-0.25, -0.2) is 0 Å². The average molecular weight is 325 g/mol. The van der Waals surface area contributed by atoms with Crippen LogP contribution in [0.1, 0.15) is 11.1 Å². The van der Waals surface area contributed by atoms with E-state index in [4.69, 9.17) is 17.3 Å². The second-order valence-electron chi connectivity index (χ2n) is 5.70. The normalized spacial score (nSPS) is 10.7. The number of benzene rings is 2. The zero-order chi connectivity index (χ0) is 16.6. The summed E-state index contributed by atoms with van der Waals surface area (Å²) in [6.07, 6.45) is 3.54. The molecule has 0 aliphatic carbocycles. The van der Waals surface area contributed by atoms with Crippen molar-refractivity contribution < 1.29 is 5.11 Å². The molecule has 3 nitrogen and oxygen atoms in total. The summed E-state index contributed by atoms with van der Waals surface area (Å²) in [7, 11) is 0. The Hall–Kier alpha value is -2.52. The van der Waals surface area contributed by atoms with Crippen molar-refractivity contribution in [1.82, 2.24) is 4.98 Å². The number of halogens is 1. The van der Waals surface area contributed by atoms with E-state index in [2.05, 4.69) is 4.98 Å². The Bertz CT molecular complexity index is 891. The van der Waals surface area contributed by atoms with Gasteiger partial charge in [-0.2, -0.15) is 0 Å². The van der Waals surface area contributed by atoms with Crippen LogP contribution in [0.25, 0.3) is 22.3 Å². The van der Waals surface area contributed by atoms with Gasteiger partial charge >= 0.3 is 0 Å². The molecule has 0 atom stereocenters. The van der Waals surface area contributed by atoms with Gasteiger partial charge < -0.3 is 10.8 Å². The number of nitrogen functional groups attached to an aromatic ring is 1. The summed E-state index contributed by atoms with van der Waals surface area (Å²) < 4.78 is 0. The predicted molar refractivity (Wildman–Crippen MR) is 95.7 cm³/mol. The van der Waals surface area contributed by atoms with Crippen molar-refractivity contribution in [2.75, 3.05) is 5.73 Å². The molecule has 0 amide bonds. The Morgan fingerprint density at radius 2 is 1.61 bits per heavy atom. The third kappa shape index (κ3) is 3.01. The SMILES string of the molecule is Cc1cncc(-c2cc(C)cc(-c3ccc(N)c(Cl)c3)c2O)c1. The molecule has 0 spiro atoms. The molecule has 0 saturated heterocycles. The van der Waals surface area contributed by atoms with Crippen LogP contribution in [0.3, 0.4) is 0 Å². The van der Waals surface area contributed by atoms with E-state index in [1.54, 1.807) is 24.5 Å². The van der Waals surface area contributed by atoms with Crippen LogP contribution in [0, 0.1) is 13.8 Å². The molecule has 4 heteroatoms. The first-order valence-corrected chi connectivity index (χ1v) is 7.64. The van der Waals surface area contributed by atoms with Crippen molar-refractivity contribution >= 4 is 17.3 Å². The fourth-order valence-electron chi connectivity index (χ4n) is 2.62. The molecule has 1 aromatic heterocycles. The van der Waals surface area contributed by atoms with Gasteiger partial charge in [-0.15, -0.1) is 0 Å². The zero-order valence-corrected chi connectivity index (χ0v) is 13.7. The Kier molecular flexibility index (Phi) is 3.97. The summed E-state index contributed by atoms with van der Waals surface area (Å²) >= 11 is 6.12. The Morgan fingerprint density at radius 1 is 0.913 bits per heavy atom. The number of anilines is 1. The maximum absolute atomic E-state index is 10.8. The lowest BCUT2D eigenvalue weighted by molar-refractivity contribution is 0.479. The fourth-order valence-corrected chi connectivity index (χ4v) is 2.80. The molecule has 0 bridgehead atoms. The molecule has 3 aromatic rings. The van der Waals surface area contributed by atoms with Crippen LogP contribution >= 0.6 is 11.6 Å². The molecule has 0 unspecified atom stereocenters. The fraction of sp³-hybridized carbons (Fsp3) is 0.105. The monoisotopic (exact) mass is 324 g/mol. The summed E-state index contributed by atoms with van der Waals surface area (Å²) in [5.41, 5.74) is 11.6. The van der Waals surface area contributed by atoms with Crippen LogP contribution < -0.4 is 5.73 Å². The number of aromatic hydroxyl groups is 1. The standard InChI is InChI=1S/C19H17ClN2O/c1-11-6-15(13-3-4-18(21)17(20)8-13)19(23)16(7-11)14-5-12(2)9-22-10-14/h3-10,23H,21H2,1-2H3. The van der Waals surface area contributed by atoms with Gasteiger partial charge in [0.15, 0.2) is 0 Å². The topological polar surface area (TPSA) is 59.1 Å². The van der Waals surface area contributed by atoms with Crippen LogP contribution in [-0.4, -0.2) is 10.1 Å². The number of pyridine rings is 1. The number of hydrogen-bond donors (Lipinski definition) is 2. The van der Waals surface area contributed by atoms with Gasteiger partial charge in [-0.1, -0.05) is 17.7 Å². The Morgan fingerprint density at radius 3 is 2.26 bits per heavy atom. The number of nitrogens with zero attached hydrogens (tertiary/aromatic N) is 1. The largest absolute Gasteiger partial charge is 0.507 e. The van der Waals surface area contributed by atoms with Gasteiger partial charge in [-0.3, -0.25) is 4.98 Å². The maximum atomic E-state index is 10.8. The number of phenolic OH excluding ortho intramolecular Hbond substituents is 1. The van der Waals surface area contributed by atoms with Crippen LogP contribution in [0.5, 0.6) is 5.75 Å². The highest BCUT2D eigenvalue weighted by Crippen LogP contribution is 2.40. The zero-order valence-electron chi connectivity index (χ0n) is 13.0. The lowest BCUT2D eigenvalue weighted by Gasteiger charge is -2.13. The molecule has 1 heterocycles. The number of rotatable bonds is 2. The molecule has 0 radical (unpaired) electrons. The van der Waals surface area contributed by atoms with Crippen LogP contribution in [-0.2, 0) is 0 Å². The number of aromatic nitrogens is 1. The molecule has 2 aromatic carbocycles. The molecule has 0 aliphatic rings. The maximum Gasteiger partial charge on any atom is 0.131 e. The van der Waals surface area contributed by atoms with E-state index in [-0.39, 0.29) is 5.75 Å². The first-order valence-electron chi connectivity index (χ1n) is 7.27. The molecule has 3 rings (SSSR count). The van der Waals surface area contributed by atoms with Crippen molar-refractivity contribution in [3.63, 3.8) is 0 Å². The van der Waals surface area contributed by atoms with Gasteiger partial charge in [0, 0.05) is 29.1 Å². The number of aryl methyl sites for hydroxylation is 2. The van der Waals surface area contributed by atoms with E-state index in [0.717, 1.165) is 33.4 Å². The third-order valence-electron chi connectivity index (χ3n) is 3.75. The van der Waals surface area contributed by atoms with Gasteiger partial charge in [0.2, 0.25) is 0 Å². The molecular weight excluding hydrogens is 308 g/mol. The van der Waals surface area contributed by atoms with Gasteiger partial charge in [0.05, 0.1) is 10.7 Å². The van der Waals surface area contributed by atoms with Crippen LogP contribution in [0.15, 0.2) is 48.8 Å². The predicted octanol–water partition coefficient (Wildman–Crippen LogP) is 4.97. The summed E-state index contributed by atoms with van der Waals surface area (Å²) in [4.78, 5) is 4.21. The number of hydrogen-bond acceptors (Lipinski definition) is 3. The van der Waals surface area contributed by atoms with Gasteiger partial charge in [0.25, 0.3) is 0 Å². The Balaban J connectivity index is 2.21. The highest BCUT2D eigenvalue weighted by atomic mass is 35.5. The molecule has 0 saturated carbocycles. The second kappa shape index (κ2) is 5.94. The lowest BCUT2D eigenvalue weighted by Crippen LogP contribution is -1.90. The highest BCUT2D eigenvalue weighted by molar-refractivity contribution is 6.33. The van der Waals surface area contributed by atoms with Gasteiger partial charge in [0.1, 0.15) is 5.75 Å². The summed E-state index contributed by atoms with van der Waals surface area (Å²) in [5, 5.41) is 11.2.